The summed E-state index contributed by atoms with van der Waals surface area (Å²) in [6.45, 7) is 1.67. The van der Waals surface area contributed by atoms with Gasteiger partial charge >= 0.3 is 11.9 Å². The van der Waals surface area contributed by atoms with Crippen molar-refractivity contribution in [3.8, 4) is 5.75 Å². The third-order valence-electron chi connectivity index (χ3n) is 4.00. The van der Waals surface area contributed by atoms with E-state index >= 15 is 0 Å². The van der Waals surface area contributed by atoms with E-state index < -0.39 is 47.3 Å². The van der Waals surface area contributed by atoms with Gasteiger partial charge in [0, 0.05) is 37.4 Å². The molecule has 1 aliphatic heterocycles. The molecule has 0 radical (unpaired) electrons. The lowest BCUT2D eigenvalue weighted by atomic mass is 10.0. The normalized spacial score (nSPS) is 16.8. The van der Waals surface area contributed by atoms with E-state index in [4.69, 9.17) is 19.7 Å². The molecular weight excluding hydrogens is 419 g/mol. The van der Waals surface area contributed by atoms with Crippen LogP contribution >= 0.6 is 0 Å². The number of halogens is 3. The smallest absolute Gasteiger partial charge is 0.328 e. The van der Waals surface area contributed by atoms with Crippen LogP contribution in [0.15, 0.2) is 54.6 Å². The van der Waals surface area contributed by atoms with Gasteiger partial charge in [-0.1, -0.05) is 30.3 Å². The van der Waals surface area contributed by atoms with Gasteiger partial charge in [-0.25, -0.2) is 22.8 Å². The van der Waals surface area contributed by atoms with Gasteiger partial charge < -0.3 is 25.0 Å². The van der Waals surface area contributed by atoms with Crippen LogP contribution in [-0.2, 0) is 14.3 Å². The second-order valence-electron chi connectivity index (χ2n) is 6.27. The summed E-state index contributed by atoms with van der Waals surface area (Å²) < 4.78 is 52.1. The Morgan fingerprint density at radius 3 is 2.13 bits per heavy atom. The Labute approximate surface area is 175 Å². The second kappa shape index (κ2) is 11.7. The van der Waals surface area contributed by atoms with E-state index in [0.29, 0.717) is 44.0 Å². The van der Waals surface area contributed by atoms with Gasteiger partial charge in [-0.15, -0.1) is 0 Å². The van der Waals surface area contributed by atoms with Crippen molar-refractivity contribution in [2.75, 3.05) is 19.7 Å². The molecule has 31 heavy (non-hydrogen) atoms. The number of morpholine rings is 1. The number of rotatable bonds is 6. The molecule has 2 atom stereocenters. The first-order valence-electron chi connectivity index (χ1n) is 9.10. The van der Waals surface area contributed by atoms with Crippen LogP contribution in [0.5, 0.6) is 5.75 Å². The molecule has 0 aliphatic carbocycles. The molecule has 1 saturated heterocycles. The monoisotopic (exact) mass is 439 g/mol. The van der Waals surface area contributed by atoms with Crippen LogP contribution in [0.1, 0.15) is 11.7 Å². The SMILES string of the molecule is Fc1cc(F)c(O[C@@H](c2ccccc2)[C@@H]2CNCCO2)c(F)c1.O=C(O)C=CC(=O)O. The summed E-state index contributed by atoms with van der Waals surface area (Å²) in [6.07, 6.45) is -0.00142. The van der Waals surface area contributed by atoms with Crippen LogP contribution in [0.4, 0.5) is 13.2 Å². The molecule has 7 nitrogen and oxygen atoms in total. The lowest BCUT2D eigenvalue weighted by Gasteiger charge is -2.31. The summed E-state index contributed by atoms with van der Waals surface area (Å²) in [4.78, 5) is 19.1. The average Bonchev–Trinajstić information content (AvgIpc) is 2.73. The number of carboxylic acids is 2. The van der Waals surface area contributed by atoms with Gasteiger partial charge in [-0.3, -0.25) is 0 Å². The summed E-state index contributed by atoms with van der Waals surface area (Å²) in [5.74, 6) is -6.26. The Morgan fingerprint density at radius 1 is 1.06 bits per heavy atom. The van der Waals surface area contributed by atoms with E-state index in [1.807, 2.05) is 6.07 Å². The van der Waals surface area contributed by atoms with Crippen molar-refractivity contribution in [3.05, 3.63) is 77.6 Å². The lowest BCUT2D eigenvalue weighted by molar-refractivity contribution is -0.134. The molecule has 0 spiro atoms. The Hall–Kier alpha value is -3.37. The molecule has 0 saturated carbocycles. The Balaban J connectivity index is 0.000000366. The minimum absolute atomic E-state index is 0.407. The first kappa shape index (κ1) is 23.9. The van der Waals surface area contributed by atoms with Crippen molar-refractivity contribution in [1.82, 2.24) is 5.32 Å². The van der Waals surface area contributed by atoms with E-state index in [-0.39, 0.29) is 0 Å². The van der Waals surface area contributed by atoms with E-state index in [1.54, 1.807) is 24.3 Å². The fourth-order valence-corrected chi connectivity index (χ4v) is 2.69. The number of carboxylic acid groups (broad SMARTS) is 2. The van der Waals surface area contributed by atoms with E-state index in [9.17, 15) is 22.8 Å². The summed E-state index contributed by atoms with van der Waals surface area (Å²) in [6, 6.07) is 10.2. The maximum atomic E-state index is 13.9. The van der Waals surface area contributed by atoms with Crippen molar-refractivity contribution in [3.63, 3.8) is 0 Å². The summed E-state index contributed by atoms with van der Waals surface area (Å²) in [7, 11) is 0. The molecule has 0 unspecified atom stereocenters. The van der Waals surface area contributed by atoms with Gasteiger partial charge in [0.1, 0.15) is 11.9 Å². The molecule has 0 amide bonds. The number of hydrogen-bond acceptors (Lipinski definition) is 5. The predicted octanol–water partition coefficient (Wildman–Crippen LogP) is 2.92. The molecule has 1 heterocycles. The predicted molar refractivity (Wildman–Crippen MR) is 103 cm³/mol. The molecule has 3 rings (SSSR count). The van der Waals surface area contributed by atoms with E-state index in [1.165, 1.54) is 0 Å². The third kappa shape index (κ3) is 7.76. The zero-order valence-corrected chi connectivity index (χ0v) is 16.1. The first-order chi connectivity index (χ1) is 14.8. The van der Waals surface area contributed by atoms with Crippen LogP contribution < -0.4 is 10.1 Å². The molecule has 10 heteroatoms. The maximum absolute atomic E-state index is 13.9. The zero-order valence-electron chi connectivity index (χ0n) is 16.1. The second-order valence-corrected chi connectivity index (χ2v) is 6.27. The molecule has 2 aromatic rings. The molecule has 1 aliphatic rings. The van der Waals surface area contributed by atoms with Crippen LogP contribution in [0.25, 0.3) is 0 Å². The van der Waals surface area contributed by atoms with Gasteiger partial charge in [0.25, 0.3) is 0 Å². The van der Waals surface area contributed by atoms with Gasteiger partial charge in [-0.2, -0.15) is 0 Å². The number of aliphatic carboxylic acids is 2. The number of carbonyl (C=O) groups is 2. The van der Waals surface area contributed by atoms with Gasteiger partial charge in [-0.05, 0) is 5.56 Å². The topological polar surface area (TPSA) is 105 Å². The van der Waals surface area contributed by atoms with Crippen LogP contribution in [0.2, 0.25) is 0 Å². The quantitative estimate of drug-likeness (QED) is 0.595. The average molecular weight is 439 g/mol. The molecule has 1 fully saturated rings. The number of benzene rings is 2. The molecule has 2 aromatic carbocycles. The molecule has 0 aromatic heterocycles. The van der Waals surface area contributed by atoms with Crippen LogP contribution in [0.3, 0.4) is 0 Å². The Morgan fingerprint density at radius 2 is 1.65 bits per heavy atom. The highest BCUT2D eigenvalue weighted by molar-refractivity contribution is 5.89. The highest BCUT2D eigenvalue weighted by atomic mass is 19.1. The number of hydrogen-bond donors (Lipinski definition) is 3. The molecule has 0 bridgehead atoms. The summed E-state index contributed by atoms with van der Waals surface area (Å²) >= 11 is 0. The minimum Gasteiger partial charge on any atom is -0.478 e. The van der Waals surface area contributed by atoms with Crippen LogP contribution in [-0.4, -0.2) is 48.0 Å². The van der Waals surface area contributed by atoms with Crippen molar-refractivity contribution in [2.24, 2.45) is 0 Å². The highest BCUT2D eigenvalue weighted by Gasteiger charge is 2.29. The fourth-order valence-electron chi connectivity index (χ4n) is 2.69. The van der Waals surface area contributed by atoms with Crippen LogP contribution in [0, 0.1) is 17.5 Å². The van der Waals surface area contributed by atoms with E-state index in [0.717, 1.165) is 5.56 Å². The van der Waals surface area contributed by atoms with Crippen molar-refractivity contribution >= 4 is 11.9 Å². The van der Waals surface area contributed by atoms with Crippen molar-refractivity contribution in [2.45, 2.75) is 12.2 Å². The van der Waals surface area contributed by atoms with E-state index in [2.05, 4.69) is 5.32 Å². The molecule has 166 valence electrons. The zero-order chi connectivity index (χ0) is 22.8. The Kier molecular flexibility index (Phi) is 9.04. The van der Waals surface area contributed by atoms with Gasteiger partial charge in [0.2, 0.25) is 0 Å². The Bertz CT molecular complexity index is 878. The third-order valence-corrected chi connectivity index (χ3v) is 4.00. The minimum atomic E-state index is -1.26. The summed E-state index contributed by atoms with van der Waals surface area (Å²) in [5, 5.41) is 18.8. The van der Waals surface area contributed by atoms with Gasteiger partial charge in [0.05, 0.1) is 6.61 Å². The van der Waals surface area contributed by atoms with Gasteiger partial charge in [0.15, 0.2) is 23.5 Å². The summed E-state index contributed by atoms with van der Waals surface area (Å²) in [5.41, 5.74) is 0.726. The highest BCUT2D eigenvalue weighted by Crippen LogP contribution is 2.31. The lowest BCUT2D eigenvalue weighted by Crippen LogP contribution is -2.43. The first-order valence-corrected chi connectivity index (χ1v) is 9.10. The van der Waals surface area contributed by atoms with Crippen molar-refractivity contribution < 1.29 is 42.4 Å². The number of ether oxygens (including phenoxy) is 2. The molecule has 3 N–H and O–H groups in total. The fraction of sp³-hybridized carbons (Fsp3) is 0.238. The molecular formula is C21H20F3NO6. The standard InChI is InChI=1S/C17H16F3NO2.C4H4O4/c18-12-8-13(19)17(14(20)9-12)23-16(11-4-2-1-3-5-11)15-10-21-6-7-22-15;5-3(6)1-2-4(7)8/h1-5,8-9,15-16,21H,6-7,10H2;1-2H,(H,5,6)(H,7,8)/t15-,16-;/m0./s1. The maximum Gasteiger partial charge on any atom is 0.328 e. The number of nitrogens with one attached hydrogen (secondary N) is 1. The van der Waals surface area contributed by atoms with Crippen molar-refractivity contribution in [1.29, 1.82) is 0 Å². The largest absolute Gasteiger partial charge is 0.478 e.